The van der Waals surface area contributed by atoms with E-state index in [2.05, 4.69) is 21.0 Å². The Morgan fingerprint density at radius 2 is 2.29 bits per heavy atom. The van der Waals surface area contributed by atoms with Crippen molar-refractivity contribution in [1.29, 1.82) is 0 Å². The molecule has 0 fully saturated rings. The Balaban J connectivity index is 2.21. The molecule has 2 aromatic rings. The Labute approximate surface area is 117 Å². The van der Waals surface area contributed by atoms with Crippen LogP contribution in [0.1, 0.15) is 22.2 Å². The van der Waals surface area contributed by atoms with Gasteiger partial charge in [0.2, 0.25) is 0 Å². The van der Waals surface area contributed by atoms with Crippen molar-refractivity contribution in [1.82, 2.24) is 9.78 Å². The molecular formula is C11H12BrClN2OS. The first-order valence-electron chi connectivity index (χ1n) is 5.10. The highest BCUT2D eigenvalue weighted by atomic mass is 79.9. The second-order valence-corrected chi connectivity index (χ2v) is 6.69. The van der Waals surface area contributed by atoms with E-state index in [4.69, 9.17) is 11.6 Å². The number of hydrogen-bond donors (Lipinski definition) is 1. The first-order chi connectivity index (χ1) is 7.99. The van der Waals surface area contributed by atoms with Crippen LogP contribution in [0.15, 0.2) is 15.9 Å². The predicted molar refractivity (Wildman–Crippen MR) is 73.6 cm³/mol. The normalized spacial score (nSPS) is 13.0. The van der Waals surface area contributed by atoms with Crippen molar-refractivity contribution in [2.75, 3.05) is 0 Å². The minimum atomic E-state index is -0.535. The highest BCUT2D eigenvalue weighted by Gasteiger charge is 2.17. The largest absolute Gasteiger partial charge is 0.387 e. The van der Waals surface area contributed by atoms with Gasteiger partial charge in [0.1, 0.15) is 5.15 Å². The van der Waals surface area contributed by atoms with Crippen molar-refractivity contribution in [3.05, 3.63) is 37.2 Å². The highest BCUT2D eigenvalue weighted by Crippen LogP contribution is 2.31. The molecule has 0 bridgehead atoms. The van der Waals surface area contributed by atoms with Crippen molar-refractivity contribution in [3.8, 4) is 0 Å². The zero-order valence-electron chi connectivity index (χ0n) is 9.44. The van der Waals surface area contributed by atoms with Crippen LogP contribution in [0.2, 0.25) is 5.15 Å². The maximum absolute atomic E-state index is 10.1. The summed E-state index contributed by atoms with van der Waals surface area (Å²) in [6, 6.07) is 3.85. The average molecular weight is 336 g/mol. The summed E-state index contributed by atoms with van der Waals surface area (Å²) in [5.41, 5.74) is 1.78. The first kappa shape index (κ1) is 13.1. The molecule has 0 aromatic carbocycles. The lowest BCUT2D eigenvalue weighted by Crippen LogP contribution is -2.00. The number of rotatable bonds is 3. The molecule has 2 rings (SSSR count). The van der Waals surface area contributed by atoms with Crippen LogP contribution in [-0.2, 0) is 13.5 Å². The summed E-state index contributed by atoms with van der Waals surface area (Å²) in [5.74, 6) is 0. The molecule has 1 atom stereocenters. The maximum Gasteiger partial charge on any atom is 0.130 e. The first-order valence-corrected chi connectivity index (χ1v) is 7.09. The molecule has 0 radical (unpaired) electrons. The summed E-state index contributed by atoms with van der Waals surface area (Å²) in [4.78, 5) is 0.927. The van der Waals surface area contributed by atoms with E-state index in [9.17, 15) is 5.11 Å². The Hall–Kier alpha value is -0.360. The lowest BCUT2D eigenvalue weighted by Gasteiger charge is -2.08. The van der Waals surface area contributed by atoms with E-state index in [0.717, 1.165) is 19.9 Å². The van der Waals surface area contributed by atoms with Crippen LogP contribution in [0, 0.1) is 6.92 Å². The summed E-state index contributed by atoms with van der Waals surface area (Å²) in [7, 11) is 1.80. The molecule has 0 amide bonds. The molecule has 2 aromatic heterocycles. The molecule has 1 unspecified atom stereocenters. The van der Waals surface area contributed by atoms with Crippen LogP contribution in [0.3, 0.4) is 0 Å². The monoisotopic (exact) mass is 334 g/mol. The zero-order chi connectivity index (χ0) is 12.6. The molecular weight excluding hydrogens is 324 g/mol. The Bertz CT molecular complexity index is 538. The predicted octanol–water partition coefficient (Wildman–Crippen LogP) is 3.48. The van der Waals surface area contributed by atoms with Gasteiger partial charge >= 0.3 is 0 Å². The molecule has 17 heavy (non-hydrogen) atoms. The zero-order valence-corrected chi connectivity index (χ0v) is 12.6. The smallest absolute Gasteiger partial charge is 0.130 e. The molecule has 0 spiro atoms. The van der Waals surface area contributed by atoms with Gasteiger partial charge in [0.25, 0.3) is 0 Å². The number of thiophene rings is 1. The van der Waals surface area contributed by atoms with Gasteiger partial charge in [-0.2, -0.15) is 5.10 Å². The van der Waals surface area contributed by atoms with Gasteiger partial charge in [-0.3, -0.25) is 4.68 Å². The fourth-order valence-corrected chi connectivity index (χ4v) is 3.37. The topological polar surface area (TPSA) is 38.0 Å². The number of aromatic nitrogens is 2. The number of hydrogen-bond acceptors (Lipinski definition) is 3. The van der Waals surface area contributed by atoms with Crippen LogP contribution in [-0.4, -0.2) is 14.9 Å². The van der Waals surface area contributed by atoms with Crippen molar-refractivity contribution in [2.45, 2.75) is 19.4 Å². The van der Waals surface area contributed by atoms with E-state index in [1.54, 1.807) is 11.7 Å². The second kappa shape index (κ2) is 5.10. The molecule has 6 heteroatoms. The van der Waals surface area contributed by atoms with Gasteiger partial charge < -0.3 is 5.11 Å². The van der Waals surface area contributed by atoms with Crippen LogP contribution in [0.5, 0.6) is 0 Å². The molecule has 2 heterocycles. The van der Waals surface area contributed by atoms with Crippen LogP contribution < -0.4 is 0 Å². The van der Waals surface area contributed by atoms with Gasteiger partial charge in [-0.25, -0.2) is 0 Å². The number of aliphatic hydroxyl groups is 1. The fraction of sp³-hybridized carbons (Fsp3) is 0.364. The second-order valence-electron chi connectivity index (χ2n) is 3.84. The Kier molecular flexibility index (Phi) is 3.92. The lowest BCUT2D eigenvalue weighted by atomic mass is 10.1. The third-order valence-corrected chi connectivity index (χ3v) is 4.79. The third-order valence-electron chi connectivity index (χ3n) is 2.59. The summed E-state index contributed by atoms with van der Waals surface area (Å²) >= 11 is 11.0. The highest BCUT2D eigenvalue weighted by molar-refractivity contribution is 9.11. The fourth-order valence-electron chi connectivity index (χ4n) is 1.71. The van der Waals surface area contributed by atoms with Gasteiger partial charge in [0.15, 0.2) is 0 Å². The third kappa shape index (κ3) is 2.73. The minimum absolute atomic E-state index is 0.492. The molecule has 0 aliphatic heterocycles. The maximum atomic E-state index is 10.1. The molecule has 3 nitrogen and oxygen atoms in total. The molecule has 0 aliphatic carbocycles. The molecule has 0 saturated heterocycles. The van der Waals surface area contributed by atoms with Gasteiger partial charge in [-0.05, 0) is 35.0 Å². The number of aliphatic hydroxyl groups excluding tert-OH is 1. The Morgan fingerprint density at radius 3 is 2.76 bits per heavy atom. The van der Waals surface area contributed by atoms with Crippen molar-refractivity contribution < 1.29 is 5.11 Å². The van der Waals surface area contributed by atoms with E-state index in [1.165, 1.54) is 11.3 Å². The van der Waals surface area contributed by atoms with E-state index < -0.39 is 6.10 Å². The molecule has 0 saturated carbocycles. The number of nitrogens with zero attached hydrogens (tertiary/aromatic N) is 2. The quantitative estimate of drug-likeness (QED) is 0.932. The van der Waals surface area contributed by atoms with Gasteiger partial charge in [-0.15, -0.1) is 11.3 Å². The van der Waals surface area contributed by atoms with E-state index in [-0.39, 0.29) is 0 Å². The van der Waals surface area contributed by atoms with E-state index in [0.29, 0.717) is 11.6 Å². The molecule has 1 N–H and O–H groups in total. The Morgan fingerprint density at radius 1 is 1.59 bits per heavy atom. The van der Waals surface area contributed by atoms with E-state index >= 15 is 0 Å². The van der Waals surface area contributed by atoms with Gasteiger partial charge in [0, 0.05) is 23.9 Å². The van der Waals surface area contributed by atoms with Gasteiger partial charge in [0.05, 0.1) is 15.6 Å². The van der Waals surface area contributed by atoms with Crippen molar-refractivity contribution in [3.63, 3.8) is 0 Å². The summed E-state index contributed by atoms with van der Waals surface area (Å²) in [6.07, 6.45) is -0.0439. The summed E-state index contributed by atoms with van der Waals surface area (Å²) < 4.78 is 2.64. The SMILES string of the molecule is Cc1nn(C)c(Cl)c1CC(O)c1ccc(Br)s1. The molecule has 0 aliphatic rings. The van der Waals surface area contributed by atoms with Crippen LogP contribution >= 0.6 is 38.9 Å². The van der Waals surface area contributed by atoms with E-state index in [1.807, 2.05) is 19.1 Å². The van der Waals surface area contributed by atoms with Crippen LogP contribution in [0.25, 0.3) is 0 Å². The summed E-state index contributed by atoms with van der Waals surface area (Å²) in [5, 5.41) is 15.0. The minimum Gasteiger partial charge on any atom is -0.387 e. The number of halogens is 2. The number of aryl methyl sites for hydroxylation is 2. The van der Waals surface area contributed by atoms with Gasteiger partial charge in [-0.1, -0.05) is 11.6 Å². The van der Waals surface area contributed by atoms with Crippen LogP contribution in [0.4, 0.5) is 0 Å². The lowest BCUT2D eigenvalue weighted by molar-refractivity contribution is 0.182. The van der Waals surface area contributed by atoms with Crippen molar-refractivity contribution >= 4 is 38.9 Å². The molecule has 92 valence electrons. The standard InChI is InChI=1S/C11H12BrClN2OS/c1-6-7(11(13)15(2)14-6)5-8(16)9-3-4-10(12)17-9/h3-4,8,16H,5H2,1-2H3. The van der Waals surface area contributed by atoms with Crippen molar-refractivity contribution in [2.24, 2.45) is 7.05 Å². The average Bonchev–Trinajstić information content (AvgIpc) is 2.79. The summed E-state index contributed by atoms with van der Waals surface area (Å²) in [6.45, 7) is 1.90.